The third-order valence-electron chi connectivity index (χ3n) is 11.1. The van der Waals surface area contributed by atoms with Gasteiger partial charge in [0.25, 0.3) is 11.8 Å². The van der Waals surface area contributed by atoms with E-state index in [1.807, 2.05) is 7.05 Å². The van der Waals surface area contributed by atoms with Crippen molar-refractivity contribution < 1.29 is 41.1 Å². The molecule has 1 atom stereocenters. The van der Waals surface area contributed by atoms with Crippen molar-refractivity contribution in [3.05, 3.63) is 90.1 Å². The summed E-state index contributed by atoms with van der Waals surface area (Å²) in [7, 11) is -1.92. The minimum Gasteiger partial charge on any atom is -0.491 e. The number of nitrogens with one attached hydrogen (secondary N) is 2. The monoisotopic (exact) mass is 841 g/mol. The van der Waals surface area contributed by atoms with E-state index in [2.05, 4.69) is 29.8 Å². The number of imide groups is 2. The fraction of sp³-hybridized carbons (Fsp3) is 0.341. The zero-order valence-electron chi connectivity index (χ0n) is 32.7. The molecule has 2 fully saturated rings. The number of amides is 4. The van der Waals surface area contributed by atoms with Crippen LogP contribution in [0.4, 0.5) is 20.3 Å². The Kier molecular flexibility index (Phi) is 11.0. The van der Waals surface area contributed by atoms with Gasteiger partial charge in [-0.25, -0.2) is 32.2 Å². The van der Waals surface area contributed by atoms with Crippen molar-refractivity contribution in [1.82, 2.24) is 34.6 Å². The van der Waals surface area contributed by atoms with Crippen molar-refractivity contribution in [3.8, 4) is 22.6 Å². The quantitative estimate of drug-likeness (QED) is 0.160. The number of rotatable bonds is 13. The van der Waals surface area contributed by atoms with Crippen molar-refractivity contribution in [2.75, 3.05) is 48.7 Å². The molecule has 3 aliphatic rings. The Bertz CT molecular complexity index is 2640. The number of pyridine rings is 1. The van der Waals surface area contributed by atoms with E-state index in [9.17, 15) is 27.6 Å². The molecule has 0 bridgehead atoms. The first kappa shape index (κ1) is 40.4. The molecule has 60 heavy (non-hydrogen) atoms. The molecule has 0 spiro atoms. The largest absolute Gasteiger partial charge is 0.491 e. The van der Waals surface area contributed by atoms with Gasteiger partial charge in [0.15, 0.2) is 5.82 Å². The summed E-state index contributed by atoms with van der Waals surface area (Å²) in [6.45, 7) is 3.94. The molecule has 0 unspecified atom stereocenters. The molecular weight excluding hydrogens is 801 g/mol. The van der Waals surface area contributed by atoms with E-state index >= 15 is 8.78 Å². The summed E-state index contributed by atoms with van der Waals surface area (Å²) in [5.74, 6) is -3.66. The molecule has 16 nitrogen and oxygen atoms in total. The lowest BCUT2D eigenvalue weighted by Gasteiger charge is -2.37. The highest BCUT2D eigenvalue weighted by Gasteiger charge is 2.46. The molecule has 2 N–H and O–H groups in total. The Balaban J connectivity index is 0.956. The van der Waals surface area contributed by atoms with Crippen LogP contribution in [0.1, 0.15) is 59.7 Å². The second kappa shape index (κ2) is 16.4. The number of nitrogens with zero attached hydrogens (tertiary/aromatic N) is 7. The van der Waals surface area contributed by atoms with E-state index in [-0.39, 0.29) is 53.8 Å². The Morgan fingerprint density at radius 2 is 1.73 bits per heavy atom. The van der Waals surface area contributed by atoms with E-state index < -0.39 is 57.0 Å². The Morgan fingerprint density at radius 3 is 2.47 bits per heavy atom. The summed E-state index contributed by atoms with van der Waals surface area (Å²) >= 11 is 0. The first-order valence-corrected chi connectivity index (χ1v) is 21.2. The van der Waals surface area contributed by atoms with Crippen LogP contribution in [0.25, 0.3) is 27.8 Å². The van der Waals surface area contributed by atoms with Gasteiger partial charge < -0.3 is 14.2 Å². The molecule has 0 saturated carbocycles. The Labute approximate surface area is 343 Å². The molecule has 2 aromatic carbocycles. The first-order chi connectivity index (χ1) is 28.8. The van der Waals surface area contributed by atoms with Crippen molar-refractivity contribution in [3.63, 3.8) is 0 Å². The summed E-state index contributed by atoms with van der Waals surface area (Å²) in [5.41, 5.74) is 1.32. The number of piperidine rings is 2. The number of halogens is 2. The number of aromatic nitrogens is 4. The lowest BCUT2D eigenvalue weighted by molar-refractivity contribution is -0.136. The minimum absolute atomic E-state index is 0.0285. The van der Waals surface area contributed by atoms with E-state index in [1.165, 1.54) is 17.0 Å². The summed E-state index contributed by atoms with van der Waals surface area (Å²) < 4.78 is 66.2. The fourth-order valence-electron chi connectivity index (χ4n) is 8.06. The second-order valence-electron chi connectivity index (χ2n) is 14.9. The summed E-state index contributed by atoms with van der Waals surface area (Å²) in [6.07, 6.45) is 8.02. The molecule has 4 amide bonds. The smallest absolute Gasteiger partial charge is 0.266 e. The molecule has 6 heterocycles. The van der Waals surface area contributed by atoms with Gasteiger partial charge in [-0.2, -0.15) is 0 Å². The summed E-state index contributed by atoms with van der Waals surface area (Å²) in [6, 6.07) is 9.38. The molecule has 2 saturated heterocycles. The third-order valence-corrected chi connectivity index (χ3v) is 12.6. The normalized spacial score (nSPS) is 17.6. The highest BCUT2D eigenvalue weighted by atomic mass is 32.2. The maximum atomic E-state index is 16.1. The van der Waals surface area contributed by atoms with Crippen LogP contribution in [0.3, 0.4) is 0 Å². The lowest BCUT2D eigenvalue weighted by Crippen LogP contribution is -2.54. The van der Waals surface area contributed by atoms with E-state index in [0.29, 0.717) is 40.9 Å². The van der Waals surface area contributed by atoms with Crippen molar-refractivity contribution in [2.24, 2.45) is 0 Å². The van der Waals surface area contributed by atoms with Crippen LogP contribution in [0.15, 0.2) is 67.4 Å². The van der Waals surface area contributed by atoms with Gasteiger partial charge in [-0.1, -0.05) is 13.0 Å². The lowest BCUT2D eigenvalue weighted by atomic mass is 10.0. The van der Waals surface area contributed by atoms with Crippen LogP contribution in [0.2, 0.25) is 0 Å². The maximum Gasteiger partial charge on any atom is 0.266 e. The van der Waals surface area contributed by atoms with Crippen LogP contribution < -0.4 is 19.7 Å². The SMILES string of the molecule is CCCS(=O)(=O)Nc1ccc(F)c(-n2cc(-c3cncnc3)c3nc(N(C)C4CCN(CCOc5cccc6c5C(=O)N([C@H]5CCC(=O)NC5=O)C6=O)CC4)ccc32)c1F. The van der Waals surface area contributed by atoms with E-state index in [4.69, 9.17) is 9.72 Å². The van der Waals surface area contributed by atoms with Gasteiger partial charge in [-0.15, -0.1) is 0 Å². The van der Waals surface area contributed by atoms with Gasteiger partial charge in [0.05, 0.1) is 33.6 Å². The molecular formula is C41H41F2N9O7S. The average molecular weight is 842 g/mol. The van der Waals surface area contributed by atoms with E-state index in [0.717, 1.165) is 43.0 Å². The molecule has 19 heteroatoms. The van der Waals surface area contributed by atoms with Gasteiger partial charge in [-0.05, 0) is 62.1 Å². The van der Waals surface area contributed by atoms with Crippen molar-refractivity contribution in [2.45, 2.75) is 51.1 Å². The van der Waals surface area contributed by atoms with Gasteiger partial charge in [0.1, 0.15) is 42.0 Å². The molecule has 8 rings (SSSR count). The Morgan fingerprint density at radius 1 is 0.967 bits per heavy atom. The average Bonchev–Trinajstić information content (AvgIpc) is 3.73. The highest BCUT2D eigenvalue weighted by molar-refractivity contribution is 7.92. The summed E-state index contributed by atoms with van der Waals surface area (Å²) in [4.78, 5) is 69.3. The second-order valence-corrected chi connectivity index (χ2v) is 16.8. The number of likely N-dealkylation sites (tertiary alicyclic amines) is 1. The number of ether oxygens (including phenoxy) is 1. The van der Waals surface area contributed by atoms with Crippen molar-refractivity contribution in [1.29, 1.82) is 0 Å². The zero-order valence-corrected chi connectivity index (χ0v) is 33.5. The zero-order chi connectivity index (χ0) is 42.3. The number of carbonyl (C=O) groups excluding carboxylic acids is 4. The van der Waals surface area contributed by atoms with Gasteiger partial charge in [-0.3, -0.25) is 39.0 Å². The summed E-state index contributed by atoms with van der Waals surface area (Å²) in [5, 5.41) is 2.20. The van der Waals surface area contributed by atoms with E-state index in [1.54, 1.807) is 49.8 Å². The topological polar surface area (TPSA) is 189 Å². The standard InChI is InChI=1S/C41H41F2N9O7S/c1-3-19-60(57,58)48-29-8-7-28(42)38(36(29)43)51-22-27(24-20-44-23-45-21-24)37-30(51)9-11-33(46-37)49(2)25-13-15-50(16-14-25)17-18-59-32-6-4-5-26-35(32)41(56)52(40(26)55)31-10-12-34(53)47-39(31)54/h4-9,11,20-23,25,31,48H,3,10,12-19H2,1-2H3,(H,47,53,54)/t31-/m0/s1. The number of benzene rings is 2. The molecule has 3 aromatic heterocycles. The number of sulfonamides is 1. The molecule has 5 aromatic rings. The predicted molar refractivity (Wildman–Crippen MR) is 216 cm³/mol. The molecule has 312 valence electrons. The molecule has 0 radical (unpaired) electrons. The number of carbonyl (C=O) groups is 4. The number of anilines is 2. The van der Waals surface area contributed by atoms with Crippen LogP contribution in [-0.2, 0) is 19.6 Å². The van der Waals surface area contributed by atoms with Crippen LogP contribution in [0, 0.1) is 11.6 Å². The fourth-order valence-corrected chi connectivity index (χ4v) is 9.19. The molecule has 0 aliphatic carbocycles. The highest BCUT2D eigenvalue weighted by Crippen LogP contribution is 2.37. The van der Waals surface area contributed by atoms with Crippen molar-refractivity contribution >= 4 is 56.2 Å². The first-order valence-electron chi connectivity index (χ1n) is 19.5. The predicted octanol–water partition coefficient (Wildman–Crippen LogP) is 4.29. The van der Waals surface area contributed by atoms with Gasteiger partial charge >= 0.3 is 0 Å². The number of fused-ring (bicyclic) bond motifs is 2. The third kappa shape index (κ3) is 7.65. The van der Waals surface area contributed by atoms with Gasteiger partial charge in [0, 0.05) is 68.9 Å². The number of hydrogen-bond acceptors (Lipinski definition) is 12. The van der Waals surface area contributed by atoms with Crippen LogP contribution >= 0.6 is 0 Å². The van der Waals surface area contributed by atoms with Crippen LogP contribution in [0.5, 0.6) is 5.75 Å². The van der Waals surface area contributed by atoms with Crippen LogP contribution in [-0.4, -0.2) is 112 Å². The number of hydrogen-bond donors (Lipinski definition) is 2. The minimum atomic E-state index is -3.86. The maximum absolute atomic E-state index is 16.1. The Hall–Kier alpha value is -6.34. The van der Waals surface area contributed by atoms with Gasteiger partial charge in [0.2, 0.25) is 21.8 Å². The molecule has 3 aliphatic heterocycles.